The van der Waals surface area contributed by atoms with Crippen molar-refractivity contribution in [2.45, 2.75) is 51.6 Å². The van der Waals surface area contributed by atoms with Crippen molar-refractivity contribution in [3.05, 3.63) is 0 Å². The summed E-state index contributed by atoms with van der Waals surface area (Å²) in [5.74, 6) is -1.10. The number of carboxylic acid groups (broad SMARTS) is 1. The molecular weight excluding hydrogens is 208 g/mol. The standard InChI is InChI=1S/C11H22N2O3/c1-4-5-8(2)13(3)11(16)9(12)6-7-10(14)15/h8-9H,4-7,12H2,1-3H3,(H,14,15). The monoisotopic (exact) mass is 230 g/mol. The molecule has 0 bridgehead atoms. The lowest BCUT2D eigenvalue weighted by atomic mass is 10.1. The molecule has 0 aromatic carbocycles. The topological polar surface area (TPSA) is 83.6 Å². The third kappa shape index (κ3) is 5.11. The van der Waals surface area contributed by atoms with E-state index in [0.29, 0.717) is 0 Å². The SMILES string of the molecule is CCCC(C)N(C)C(=O)C(N)CCC(=O)O. The van der Waals surface area contributed by atoms with Gasteiger partial charge in [-0.05, 0) is 19.8 Å². The minimum Gasteiger partial charge on any atom is -0.481 e. The molecule has 3 N–H and O–H groups in total. The van der Waals surface area contributed by atoms with Crippen molar-refractivity contribution in [2.75, 3.05) is 7.05 Å². The maximum absolute atomic E-state index is 11.8. The Kier molecular flexibility index (Phi) is 6.72. The van der Waals surface area contributed by atoms with E-state index in [-0.39, 0.29) is 24.8 Å². The Bertz CT molecular complexity index is 243. The molecule has 0 aliphatic carbocycles. The van der Waals surface area contributed by atoms with Crippen molar-refractivity contribution in [3.8, 4) is 0 Å². The molecule has 1 amide bonds. The molecule has 0 fully saturated rings. The zero-order valence-corrected chi connectivity index (χ0v) is 10.3. The highest BCUT2D eigenvalue weighted by Crippen LogP contribution is 2.07. The van der Waals surface area contributed by atoms with Gasteiger partial charge in [-0.15, -0.1) is 0 Å². The number of carbonyl (C=O) groups excluding carboxylic acids is 1. The third-order valence-electron chi connectivity index (χ3n) is 2.70. The van der Waals surface area contributed by atoms with Crippen molar-refractivity contribution < 1.29 is 14.7 Å². The summed E-state index contributed by atoms with van der Waals surface area (Å²) in [7, 11) is 1.71. The van der Waals surface area contributed by atoms with Crippen LogP contribution >= 0.6 is 0 Å². The molecule has 0 spiro atoms. The summed E-state index contributed by atoms with van der Waals surface area (Å²) in [5, 5.41) is 8.50. The molecule has 5 nitrogen and oxygen atoms in total. The van der Waals surface area contributed by atoms with Crippen LogP contribution in [0.25, 0.3) is 0 Å². The Balaban J connectivity index is 4.15. The molecule has 16 heavy (non-hydrogen) atoms. The number of nitrogens with two attached hydrogens (primary N) is 1. The average molecular weight is 230 g/mol. The quantitative estimate of drug-likeness (QED) is 0.678. The fraction of sp³-hybridized carbons (Fsp3) is 0.818. The predicted octanol–water partition coefficient (Wildman–Crippen LogP) is 0.825. The van der Waals surface area contributed by atoms with Gasteiger partial charge in [0.15, 0.2) is 0 Å². The number of hydrogen-bond acceptors (Lipinski definition) is 3. The Hall–Kier alpha value is -1.10. The highest BCUT2D eigenvalue weighted by molar-refractivity contribution is 5.82. The van der Waals surface area contributed by atoms with Crippen LogP contribution in [0.1, 0.15) is 39.5 Å². The van der Waals surface area contributed by atoms with Gasteiger partial charge in [0.25, 0.3) is 0 Å². The summed E-state index contributed by atoms with van der Waals surface area (Å²) in [4.78, 5) is 23.7. The van der Waals surface area contributed by atoms with E-state index in [1.54, 1.807) is 11.9 Å². The Morgan fingerprint density at radius 2 is 1.94 bits per heavy atom. The number of carboxylic acids is 1. The summed E-state index contributed by atoms with van der Waals surface area (Å²) < 4.78 is 0. The summed E-state index contributed by atoms with van der Waals surface area (Å²) >= 11 is 0. The highest BCUT2D eigenvalue weighted by Gasteiger charge is 2.21. The maximum Gasteiger partial charge on any atom is 0.303 e. The van der Waals surface area contributed by atoms with Gasteiger partial charge in [-0.1, -0.05) is 13.3 Å². The lowest BCUT2D eigenvalue weighted by Crippen LogP contribution is -2.45. The molecule has 0 heterocycles. The van der Waals surface area contributed by atoms with E-state index in [1.165, 1.54) is 0 Å². The van der Waals surface area contributed by atoms with Crippen LogP contribution < -0.4 is 5.73 Å². The van der Waals surface area contributed by atoms with Crippen LogP contribution in [0.15, 0.2) is 0 Å². The van der Waals surface area contributed by atoms with Crippen LogP contribution in [-0.4, -0.2) is 41.0 Å². The van der Waals surface area contributed by atoms with Crippen molar-refractivity contribution in [2.24, 2.45) is 5.73 Å². The fourth-order valence-electron chi connectivity index (χ4n) is 1.49. The third-order valence-corrected chi connectivity index (χ3v) is 2.70. The van der Waals surface area contributed by atoms with Gasteiger partial charge >= 0.3 is 5.97 Å². The maximum atomic E-state index is 11.8. The van der Waals surface area contributed by atoms with Crippen LogP contribution in [0.3, 0.4) is 0 Å². The minimum atomic E-state index is -0.924. The second-order valence-corrected chi connectivity index (χ2v) is 4.13. The predicted molar refractivity (Wildman–Crippen MR) is 62.0 cm³/mol. The average Bonchev–Trinajstić information content (AvgIpc) is 2.23. The molecule has 0 saturated carbocycles. The molecule has 94 valence electrons. The minimum absolute atomic E-state index is 0.0666. The van der Waals surface area contributed by atoms with E-state index >= 15 is 0 Å². The second kappa shape index (κ2) is 7.22. The molecule has 0 aromatic rings. The van der Waals surface area contributed by atoms with E-state index in [9.17, 15) is 9.59 Å². The Labute approximate surface area is 96.6 Å². The lowest BCUT2D eigenvalue weighted by molar-refractivity contribution is -0.137. The first kappa shape index (κ1) is 14.9. The Morgan fingerprint density at radius 3 is 2.38 bits per heavy atom. The van der Waals surface area contributed by atoms with Gasteiger partial charge in [-0.3, -0.25) is 9.59 Å². The summed E-state index contributed by atoms with van der Waals surface area (Å²) in [6.07, 6.45) is 2.05. The molecule has 0 aromatic heterocycles. The van der Waals surface area contributed by atoms with Crippen molar-refractivity contribution in [1.82, 2.24) is 4.90 Å². The molecule has 5 heteroatoms. The smallest absolute Gasteiger partial charge is 0.303 e. The number of rotatable bonds is 7. The molecule has 0 saturated heterocycles. The van der Waals surface area contributed by atoms with E-state index in [4.69, 9.17) is 10.8 Å². The molecule has 0 rings (SSSR count). The number of aliphatic carboxylic acids is 1. The van der Waals surface area contributed by atoms with Gasteiger partial charge in [-0.25, -0.2) is 0 Å². The van der Waals surface area contributed by atoms with E-state index in [1.807, 2.05) is 6.92 Å². The first-order chi connectivity index (χ1) is 7.40. The van der Waals surface area contributed by atoms with Crippen molar-refractivity contribution >= 4 is 11.9 Å². The molecule has 0 aliphatic rings. The highest BCUT2D eigenvalue weighted by atomic mass is 16.4. The number of carbonyl (C=O) groups is 2. The van der Waals surface area contributed by atoms with Gasteiger partial charge in [-0.2, -0.15) is 0 Å². The second-order valence-electron chi connectivity index (χ2n) is 4.13. The summed E-state index contributed by atoms with van der Waals surface area (Å²) in [6.45, 7) is 4.02. The molecule has 0 radical (unpaired) electrons. The molecular formula is C11H22N2O3. The normalized spacial score (nSPS) is 14.2. The van der Waals surface area contributed by atoms with Crippen LogP contribution in [0.5, 0.6) is 0 Å². The van der Waals surface area contributed by atoms with E-state index < -0.39 is 12.0 Å². The number of nitrogens with zero attached hydrogens (tertiary/aromatic N) is 1. The zero-order chi connectivity index (χ0) is 12.7. The first-order valence-corrected chi connectivity index (χ1v) is 5.64. The van der Waals surface area contributed by atoms with Crippen LogP contribution in [0.2, 0.25) is 0 Å². The van der Waals surface area contributed by atoms with Gasteiger partial charge in [0.1, 0.15) is 0 Å². The number of amides is 1. The van der Waals surface area contributed by atoms with Crippen molar-refractivity contribution in [1.29, 1.82) is 0 Å². The first-order valence-electron chi connectivity index (χ1n) is 5.64. The van der Waals surface area contributed by atoms with Gasteiger partial charge in [0.05, 0.1) is 6.04 Å². The molecule has 0 aliphatic heterocycles. The zero-order valence-electron chi connectivity index (χ0n) is 10.3. The van der Waals surface area contributed by atoms with Gasteiger partial charge < -0.3 is 15.7 Å². The fourth-order valence-corrected chi connectivity index (χ4v) is 1.49. The molecule has 2 unspecified atom stereocenters. The van der Waals surface area contributed by atoms with Crippen molar-refractivity contribution in [3.63, 3.8) is 0 Å². The van der Waals surface area contributed by atoms with E-state index in [0.717, 1.165) is 12.8 Å². The van der Waals surface area contributed by atoms with E-state index in [2.05, 4.69) is 6.92 Å². The lowest BCUT2D eigenvalue weighted by Gasteiger charge is -2.27. The summed E-state index contributed by atoms with van der Waals surface area (Å²) in [5.41, 5.74) is 5.65. The van der Waals surface area contributed by atoms with Crippen LogP contribution in [0.4, 0.5) is 0 Å². The van der Waals surface area contributed by atoms with Gasteiger partial charge in [0, 0.05) is 19.5 Å². The molecule has 2 atom stereocenters. The van der Waals surface area contributed by atoms with Crippen LogP contribution in [-0.2, 0) is 9.59 Å². The largest absolute Gasteiger partial charge is 0.481 e. The number of hydrogen-bond donors (Lipinski definition) is 2. The van der Waals surface area contributed by atoms with Gasteiger partial charge in [0.2, 0.25) is 5.91 Å². The number of likely N-dealkylation sites (N-methyl/N-ethyl adjacent to an activating group) is 1. The Morgan fingerprint density at radius 1 is 1.38 bits per heavy atom. The van der Waals surface area contributed by atoms with Crippen LogP contribution in [0, 0.1) is 0 Å². The summed E-state index contributed by atoms with van der Waals surface area (Å²) in [6, 6.07) is -0.561.